The molecule has 2 N–H and O–H groups in total. The summed E-state index contributed by atoms with van der Waals surface area (Å²) in [7, 11) is 0. The van der Waals surface area contributed by atoms with Crippen LogP contribution in [0.5, 0.6) is 0 Å². The minimum absolute atomic E-state index is 0.172. The van der Waals surface area contributed by atoms with Crippen molar-refractivity contribution in [3.8, 4) is 0 Å². The Hall–Kier alpha value is -3.69. The van der Waals surface area contributed by atoms with Crippen molar-refractivity contribution in [3.63, 3.8) is 0 Å². The summed E-state index contributed by atoms with van der Waals surface area (Å²) in [6.45, 7) is 5.30. The first kappa shape index (κ1) is 20.6. The lowest BCUT2D eigenvalue weighted by molar-refractivity contribution is -0.117. The Morgan fingerprint density at radius 2 is 1.71 bits per heavy atom. The second-order valence-corrected chi connectivity index (χ2v) is 7.87. The number of hydrogen-bond acceptors (Lipinski definition) is 6. The van der Waals surface area contributed by atoms with Crippen molar-refractivity contribution in [1.29, 1.82) is 0 Å². The molecule has 0 saturated carbocycles. The predicted octanol–water partition coefficient (Wildman–Crippen LogP) is 1.72. The van der Waals surface area contributed by atoms with Gasteiger partial charge < -0.3 is 15.5 Å². The summed E-state index contributed by atoms with van der Waals surface area (Å²) in [5.74, 6) is 1.22. The van der Waals surface area contributed by atoms with E-state index in [9.17, 15) is 14.4 Å². The fourth-order valence-electron chi connectivity index (χ4n) is 3.59. The van der Waals surface area contributed by atoms with Gasteiger partial charge in [0.2, 0.25) is 11.8 Å². The quantitative estimate of drug-likeness (QED) is 0.646. The molecule has 10 nitrogen and oxygen atoms in total. The molecule has 1 aromatic carbocycles. The summed E-state index contributed by atoms with van der Waals surface area (Å²) in [4.78, 5) is 42.8. The number of aromatic nitrogens is 4. The first-order valence-electron chi connectivity index (χ1n) is 10.3. The number of carbonyl (C=O) groups excluding carboxylic acids is 2. The highest BCUT2D eigenvalue weighted by Gasteiger charge is 2.19. The van der Waals surface area contributed by atoms with Crippen molar-refractivity contribution in [2.75, 3.05) is 28.6 Å². The van der Waals surface area contributed by atoms with Crippen LogP contribution in [0.25, 0.3) is 5.78 Å². The normalized spacial score (nSPS) is 14.6. The van der Waals surface area contributed by atoms with E-state index < -0.39 is 5.69 Å². The van der Waals surface area contributed by atoms with Gasteiger partial charge in [0, 0.05) is 37.6 Å². The lowest BCUT2D eigenvalue weighted by atomic mass is 9.99. The number of benzene rings is 1. The summed E-state index contributed by atoms with van der Waals surface area (Å²) in [6, 6.07) is 8.51. The van der Waals surface area contributed by atoms with Gasteiger partial charge in [0.25, 0.3) is 5.78 Å². The second kappa shape index (κ2) is 8.58. The van der Waals surface area contributed by atoms with Gasteiger partial charge in [0.1, 0.15) is 12.4 Å². The Morgan fingerprint density at radius 3 is 2.35 bits per heavy atom. The van der Waals surface area contributed by atoms with Crippen LogP contribution in [-0.4, -0.2) is 44.1 Å². The van der Waals surface area contributed by atoms with E-state index in [2.05, 4.69) is 32.5 Å². The minimum atomic E-state index is -0.419. The zero-order valence-corrected chi connectivity index (χ0v) is 17.5. The van der Waals surface area contributed by atoms with E-state index in [1.54, 1.807) is 30.5 Å². The van der Waals surface area contributed by atoms with Gasteiger partial charge in [-0.1, -0.05) is 6.92 Å². The minimum Gasteiger partial charge on any atom is -0.356 e. The second-order valence-electron chi connectivity index (χ2n) is 7.87. The van der Waals surface area contributed by atoms with Crippen LogP contribution in [0.3, 0.4) is 0 Å². The number of anilines is 3. The van der Waals surface area contributed by atoms with E-state index in [1.165, 1.54) is 11.3 Å². The average molecular weight is 423 g/mol. The lowest BCUT2D eigenvalue weighted by Crippen LogP contribution is -2.33. The molecule has 1 saturated heterocycles. The standard InChI is InChI=1S/C21H25N7O3/c1-14-7-10-26(11-8-14)18-9-12-27-20(24-18)25-28(21(27)31)13-19(30)23-17-5-3-16(4-6-17)22-15(2)29/h3-6,9,12,14H,7-8,10-11,13H2,1-2H3,(H,22,29)(H,23,30). The summed E-state index contributed by atoms with van der Waals surface area (Å²) >= 11 is 0. The zero-order chi connectivity index (χ0) is 22.0. The first-order valence-corrected chi connectivity index (χ1v) is 10.3. The number of nitrogens with one attached hydrogen (secondary N) is 2. The fourth-order valence-corrected chi connectivity index (χ4v) is 3.59. The van der Waals surface area contributed by atoms with Gasteiger partial charge in [-0.05, 0) is 49.1 Å². The van der Waals surface area contributed by atoms with Gasteiger partial charge in [0.05, 0.1) is 0 Å². The lowest BCUT2D eigenvalue weighted by Gasteiger charge is -2.30. The number of rotatable bonds is 5. The molecular formula is C21H25N7O3. The Kier molecular flexibility index (Phi) is 5.70. The third kappa shape index (κ3) is 4.73. The summed E-state index contributed by atoms with van der Waals surface area (Å²) < 4.78 is 2.44. The maximum absolute atomic E-state index is 12.6. The van der Waals surface area contributed by atoms with E-state index in [-0.39, 0.29) is 24.1 Å². The molecule has 3 aromatic rings. The molecule has 1 fully saturated rings. The van der Waals surface area contributed by atoms with Gasteiger partial charge in [-0.2, -0.15) is 4.98 Å². The van der Waals surface area contributed by atoms with Crippen molar-refractivity contribution < 1.29 is 9.59 Å². The largest absolute Gasteiger partial charge is 0.356 e. The Morgan fingerprint density at radius 1 is 1.06 bits per heavy atom. The van der Waals surface area contributed by atoms with Gasteiger partial charge in [-0.3, -0.25) is 9.59 Å². The van der Waals surface area contributed by atoms with Crippen molar-refractivity contribution in [2.45, 2.75) is 33.2 Å². The Bertz CT molecular complexity index is 1160. The number of carbonyl (C=O) groups is 2. The van der Waals surface area contributed by atoms with E-state index >= 15 is 0 Å². The molecule has 1 aliphatic heterocycles. The number of nitrogens with zero attached hydrogens (tertiary/aromatic N) is 5. The summed E-state index contributed by atoms with van der Waals surface area (Å²) in [6.07, 6.45) is 3.88. The molecule has 2 amide bonds. The highest BCUT2D eigenvalue weighted by Crippen LogP contribution is 2.21. The van der Waals surface area contributed by atoms with E-state index in [1.807, 2.05) is 6.07 Å². The molecule has 0 unspecified atom stereocenters. The fraction of sp³-hybridized carbons (Fsp3) is 0.381. The molecular weight excluding hydrogens is 398 g/mol. The van der Waals surface area contributed by atoms with Crippen LogP contribution < -0.4 is 21.2 Å². The van der Waals surface area contributed by atoms with Gasteiger partial charge >= 0.3 is 5.69 Å². The molecule has 0 radical (unpaired) electrons. The number of hydrogen-bond donors (Lipinski definition) is 2. The van der Waals surface area contributed by atoms with Gasteiger partial charge in [-0.25, -0.2) is 13.9 Å². The third-order valence-corrected chi connectivity index (χ3v) is 5.33. The highest BCUT2D eigenvalue weighted by atomic mass is 16.2. The molecule has 31 heavy (non-hydrogen) atoms. The van der Waals surface area contributed by atoms with Crippen LogP contribution in [0.15, 0.2) is 41.3 Å². The third-order valence-electron chi connectivity index (χ3n) is 5.33. The monoisotopic (exact) mass is 423 g/mol. The summed E-state index contributed by atoms with van der Waals surface area (Å²) in [5.41, 5.74) is 0.764. The number of piperidine rings is 1. The molecule has 0 aliphatic carbocycles. The Balaban J connectivity index is 1.45. The molecule has 1 aliphatic rings. The molecule has 3 heterocycles. The highest BCUT2D eigenvalue weighted by molar-refractivity contribution is 5.92. The molecule has 2 aromatic heterocycles. The zero-order valence-electron chi connectivity index (χ0n) is 17.5. The van der Waals surface area contributed by atoms with Crippen LogP contribution in [0.1, 0.15) is 26.7 Å². The van der Waals surface area contributed by atoms with E-state index in [0.29, 0.717) is 17.3 Å². The van der Waals surface area contributed by atoms with Crippen LogP contribution in [0, 0.1) is 5.92 Å². The number of amides is 2. The molecule has 0 spiro atoms. The smallest absolute Gasteiger partial charge is 0.352 e. The molecule has 0 bridgehead atoms. The van der Waals surface area contributed by atoms with E-state index in [0.717, 1.165) is 36.4 Å². The predicted molar refractivity (Wildman–Crippen MR) is 117 cm³/mol. The average Bonchev–Trinajstić information content (AvgIpc) is 3.04. The van der Waals surface area contributed by atoms with Crippen LogP contribution >= 0.6 is 0 Å². The SMILES string of the molecule is CC(=O)Nc1ccc(NC(=O)Cn2nc3nc(N4CCC(C)CC4)ccn3c2=O)cc1. The van der Waals surface area contributed by atoms with Crippen molar-refractivity contribution in [2.24, 2.45) is 5.92 Å². The van der Waals surface area contributed by atoms with Crippen molar-refractivity contribution in [3.05, 3.63) is 47.0 Å². The maximum atomic E-state index is 12.6. The Labute approximate surface area is 178 Å². The molecule has 4 rings (SSSR count). The van der Waals surface area contributed by atoms with E-state index in [4.69, 9.17) is 0 Å². The maximum Gasteiger partial charge on any atom is 0.352 e. The molecule has 10 heteroatoms. The molecule has 0 atom stereocenters. The summed E-state index contributed by atoms with van der Waals surface area (Å²) in [5, 5.41) is 9.61. The topological polar surface area (TPSA) is 114 Å². The first-order chi connectivity index (χ1) is 14.9. The van der Waals surface area contributed by atoms with Crippen molar-refractivity contribution >= 4 is 34.8 Å². The van der Waals surface area contributed by atoms with Crippen molar-refractivity contribution in [1.82, 2.24) is 19.2 Å². The number of fused-ring (bicyclic) bond motifs is 1. The van der Waals surface area contributed by atoms with Crippen LogP contribution in [-0.2, 0) is 16.1 Å². The van der Waals surface area contributed by atoms with Crippen LogP contribution in [0.2, 0.25) is 0 Å². The van der Waals surface area contributed by atoms with Crippen LogP contribution in [0.4, 0.5) is 17.2 Å². The molecule has 162 valence electrons. The van der Waals surface area contributed by atoms with Gasteiger partial charge in [-0.15, -0.1) is 5.10 Å². The van der Waals surface area contributed by atoms with Gasteiger partial charge in [0.15, 0.2) is 0 Å².